The molecule has 3 nitrogen and oxygen atoms in total. The maximum atomic E-state index is 11.1. The molecule has 1 unspecified atom stereocenters. The molecule has 4 heteroatoms. The van der Waals surface area contributed by atoms with E-state index in [9.17, 15) is 4.79 Å². The molecule has 1 amide bonds. The zero-order chi connectivity index (χ0) is 9.97. The first-order valence-electron chi connectivity index (χ1n) is 4.22. The number of carbonyl (C=O) groups excluding carboxylic acids is 1. The van der Waals surface area contributed by atoms with Crippen molar-refractivity contribution in [1.82, 2.24) is 0 Å². The van der Waals surface area contributed by atoms with Gasteiger partial charge >= 0.3 is 0 Å². The van der Waals surface area contributed by atoms with Crippen LogP contribution in [0.1, 0.15) is 5.56 Å². The topological polar surface area (TPSA) is 38.7 Å². The van der Waals surface area contributed by atoms with Crippen LogP contribution in [0.4, 0.5) is 0 Å². The van der Waals surface area contributed by atoms with Crippen LogP contribution in [0, 0.1) is 0 Å². The van der Waals surface area contributed by atoms with Crippen LogP contribution in [0.15, 0.2) is 29.3 Å². The van der Waals surface area contributed by atoms with Crippen LogP contribution in [0.3, 0.4) is 0 Å². The summed E-state index contributed by atoms with van der Waals surface area (Å²) >= 11 is 5.94. The molecule has 72 valence electrons. The maximum Gasteiger partial charge on any atom is 0.289 e. The van der Waals surface area contributed by atoms with Gasteiger partial charge in [0.2, 0.25) is 0 Å². The summed E-state index contributed by atoms with van der Waals surface area (Å²) in [5.41, 5.74) is 0.901. The molecule has 1 aromatic rings. The van der Waals surface area contributed by atoms with Crippen molar-refractivity contribution in [3.05, 3.63) is 34.9 Å². The Labute approximate surface area is 86.4 Å². The molecule has 2 rings (SSSR count). The fourth-order valence-corrected chi connectivity index (χ4v) is 1.51. The van der Waals surface area contributed by atoms with Crippen LogP contribution in [0.2, 0.25) is 5.02 Å². The molecular formula is C10H8ClNO2. The quantitative estimate of drug-likeness (QED) is 0.746. The molecule has 0 fully saturated rings. The highest BCUT2D eigenvalue weighted by Gasteiger charge is 2.23. The van der Waals surface area contributed by atoms with E-state index >= 15 is 0 Å². The van der Waals surface area contributed by atoms with Crippen molar-refractivity contribution >= 4 is 23.9 Å². The maximum absolute atomic E-state index is 11.1. The van der Waals surface area contributed by atoms with Crippen molar-refractivity contribution in [3.8, 4) is 0 Å². The van der Waals surface area contributed by atoms with Gasteiger partial charge in [-0.1, -0.05) is 29.8 Å². The number of hydrogen-bond donors (Lipinski definition) is 0. The molecule has 1 atom stereocenters. The molecule has 0 saturated carbocycles. The van der Waals surface area contributed by atoms with E-state index in [4.69, 9.17) is 16.3 Å². The Bertz CT molecular complexity index is 389. The Morgan fingerprint density at radius 1 is 1.43 bits per heavy atom. The van der Waals surface area contributed by atoms with E-state index in [-0.39, 0.29) is 5.91 Å². The zero-order valence-corrected chi connectivity index (χ0v) is 8.07. The van der Waals surface area contributed by atoms with Crippen LogP contribution < -0.4 is 0 Å². The first-order valence-corrected chi connectivity index (χ1v) is 4.60. The minimum absolute atomic E-state index is 0.245. The molecule has 0 aromatic heterocycles. The number of aliphatic imine (C=N–C) groups is 1. The van der Waals surface area contributed by atoms with Crippen LogP contribution in [-0.2, 0) is 16.0 Å². The summed E-state index contributed by atoms with van der Waals surface area (Å²) in [6.45, 7) is 0. The summed E-state index contributed by atoms with van der Waals surface area (Å²) in [7, 11) is 0. The van der Waals surface area contributed by atoms with E-state index in [2.05, 4.69) is 4.99 Å². The number of amides is 1. The number of carbonyl (C=O) groups is 1. The Hall–Kier alpha value is -1.35. The second kappa shape index (κ2) is 3.80. The predicted octanol–water partition coefficient (Wildman–Crippen LogP) is 1.84. The Morgan fingerprint density at radius 3 is 2.86 bits per heavy atom. The van der Waals surface area contributed by atoms with Crippen molar-refractivity contribution in [2.45, 2.75) is 12.5 Å². The Kier molecular flexibility index (Phi) is 2.50. The smallest absolute Gasteiger partial charge is 0.289 e. The number of rotatable bonds is 2. The normalized spacial score (nSPS) is 19.8. The molecule has 0 bridgehead atoms. The lowest BCUT2D eigenvalue weighted by atomic mass is 10.1. The summed E-state index contributed by atoms with van der Waals surface area (Å²) in [5.74, 6) is -0.245. The van der Waals surface area contributed by atoms with E-state index < -0.39 is 6.10 Å². The average molecular weight is 210 g/mol. The number of ether oxygens (including phenoxy) is 1. The fraction of sp³-hybridized carbons (Fsp3) is 0.200. The van der Waals surface area contributed by atoms with Gasteiger partial charge < -0.3 is 4.74 Å². The molecule has 0 aliphatic carbocycles. The minimum Gasteiger partial charge on any atom is -0.470 e. The molecule has 0 spiro atoms. The third-order valence-corrected chi connectivity index (χ3v) is 2.41. The third kappa shape index (κ3) is 1.77. The van der Waals surface area contributed by atoms with Crippen molar-refractivity contribution in [2.24, 2.45) is 4.99 Å². The van der Waals surface area contributed by atoms with E-state index in [0.717, 1.165) is 5.56 Å². The minimum atomic E-state index is -0.505. The second-order valence-corrected chi connectivity index (χ2v) is 3.40. The summed E-state index contributed by atoms with van der Waals surface area (Å²) in [6.07, 6.45) is 1.15. The number of benzene rings is 1. The summed E-state index contributed by atoms with van der Waals surface area (Å²) in [6, 6.07) is 7.38. The van der Waals surface area contributed by atoms with Gasteiger partial charge in [0.05, 0.1) is 0 Å². The number of halogens is 1. The van der Waals surface area contributed by atoms with Crippen molar-refractivity contribution in [2.75, 3.05) is 0 Å². The summed E-state index contributed by atoms with van der Waals surface area (Å²) in [5, 5.41) is 0.649. The van der Waals surface area contributed by atoms with Crippen LogP contribution >= 0.6 is 11.6 Å². The van der Waals surface area contributed by atoms with Crippen molar-refractivity contribution in [1.29, 1.82) is 0 Å². The van der Waals surface area contributed by atoms with Gasteiger partial charge in [0.25, 0.3) is 5.91 Å². The number of nitrogens with zero attached hydrogens (tertiary/aromatic N) is 1. The van der Waals surface area contributed by atoms with E-state index in [1.807, 2.05) is 18.2 Å². The molecule has 1 aromatic carbocycles. The third-order valence-electron chi connectivity index (χ3n) is 2.04. The largest absolute Gasteiger partial charge is 0.470 e. The molecule has 0 saturated heterocycles. The fourth-order valence-electron chi connectivity index (χ4n) is 1.30. The Morgan fingerprint density at radius 2 is 2.21 bits per heavy atom. The SMILES string of the molecule is O=C1N=COC1Cc1ccccc1Cl. The van der Waals surface area contributed by atoms with E-state index in [1.54, 1.807) is 6.07 Å². The van der Waals surface area contributed by atoms with E-state index in [0.29, 0.717) is 11.4 Å². The lowest BCUT2D eigenvalue weighted by molar-refractivity contribution is -0.122. The predicted molar refractivity (Wildman–Crippen MR) is 53.5 cm³/mol. The molecular weight excluding hydrogens is 202 g/mol. The van der Waals surface area contributed by atoms with E-state index in [1.165, 1.54) is 6.40 Å². The highest BCUT2D eigenvalue weighted by atomic mass is 35.5. The Balaban J connectivity index is 2.12. The summed E-state index contributed by atoms with van der Waals surface area (Å²) in [4.78, 5) is 14.6. The molecule has 1 aliphatic rings. The van der Waals surface area contributed by atoms with Crippen molar-refractivity contribution < 1.29 is 9.53 Å². The average Bonchev–Trinajstić information content (AvgIpc) is 2.56. The van der Waals surface area contributed by atoms with Gasteiger partial charge in [-0.3, -0.25) is 4.79 Å². The van der Waals surface area contributed by atoms with Crippen LogP contribution in [0.5, 0.6) is 0 Å². The van der Waals surface area contributed by atoms with Gasteiger partial charge in [-0.15, -0.1) is 0 Å². The van der Waals surface area contributed by atoms with Crippen LogP contribution in [0.25, 0.3) is 0 Å². The first kappa shape index (κ1) is 9.21. The highest BCUT2D eigenvalue weighted by Crippen LogP contribution is 2.18. The first-order chi connectivity index (χ1) is 6.77. The highest BCUT2D eigenvalue weighted by molar-refractivity contribution is 6.31. The van der Waals surface area contributed by atoms with Gasteiger partial charge in [0, 0.05) is 11.4 Å². The monoisotopic (exact) mass is 209 g/mol. The van der Waals surface area contributed by atoms with Gasteiger partial charge in [0.15, 0.2) is 12.5 Å². The lowest BCUT2D eigenvalue weighted by Crippen LogP contribution is -2.19. The van der Waals surface area contributed by atoms with Crippen LogP contribution in [-0.4, -0.2) is 18.4 Å². The molecule has 1 heterocycles. The van der Waals surface area contributed by atoms with Gasteiger partial charge in [-0.25, -0.2) is 0 Å². The zero-order valence-electron chi connectivity index (χ0n) is 7.31. The second-order valence-electron chi connectivity index (χ2n) is 2.99. The number of hydrogen-bond acceptors (Lipinski definition) is 2. The molecule has 0 radical (unpaired) electrons. The van der Waals surface area contributed by atoms with Gasteiger partial charge in [-0.2, -0.15) is 4.99 Å². The summed E-state index contributed by atoms with van der Waals surface area (Å²) < 4.78 is 5.02. The van der Waals surface area contributed by atoms with Gasteiger partial charge in [-0.05, 0) is 11.6 Å². The van der Waals surface area contributed by atoms with Gasteiger partial charge in [0.1, 0.15) is 0 Å². The molecule has 0 N–H and O–H groups in total. The standard InChI is InChI=1S/C10H8ClNO2/c11-8-4-2-1-3-7(8)5-9-10(13)12-6-14-9/h1-4,6,9H,5H2. The molecule has 14 heavy (non-hydrogen) atoms. The molecule has 1 aliphatic heterocycles. The lowest BCUT2D eigenvalue weighted by Gasteiger charge is -2.08. The van der Waals surface area contributed by atoms with Crippen molar-refractivity contribution in [3.63, 3.8) is 0 Å².